The Morgan fingerprint density at radius 3 is 2.70 bits per heavy atom. The van der Waals surface area contributed by atoms with Gasteiger partial charge in [0, 0.05) is 13.1 Å². The maximum Gasteiger partial charge on any atom is 0.243 e. The van der Waals surface area contributed by atoms with Crippen molar-refractivity contribution in [3.8, 4) is 6.07 Å². The summed E-state index contributed by atoms with van der Waals surface area (Å²) >= 11 is 0. The highest BCUT2D eigenvalue weighted by molar-refractivity contribution is 7.89. The summed E-state index contributed by atoms with van der Waals surface area (Å²) in [5, 5.41) is 8.87. The molecule has 1 aromatic rings. The molecule has 0 heterocycles. The lowest BCUT2D eigenvalue weighted by Crippen LogP contribution is -2.34. The first kappa shape index (κ1) is 15.0. The zero-order chi connectivity index (χ0) is 14.8. The zero-order valence-corrected chi connectivity index (χ0v) is 12.8. The van der Waals surface area contributed by atoms with E-state index in [1.54, 1.807) is 26.0 Å². The van der Waals surface area contributed by atoms with Gasteiger partial charge in [0.15, 0.2) is 0 Å². The summed E-state index contributed by atoms with van der Waals surface area (Å²) in [7, 11) is -3.50. The van der Waals surface area contributed by atoms with Crippen molar-refractivity contribution >= 4 is 10.0 Å². The van der Waals surface area contributed by atoms with Crippen molar-refractivity contribution in [2.45, 2.75) is 38.0 Å². The van der Waals surface area contributed by atoms with Crippen LogP contribution in [0.1, 0.15) is 31.4 Å². The molecule has 0 spiro atoms. The molecule has 0 aromatic heterocycles. The highest BCUT2D eigenvalue weighted by Gasteiger charge is 2.26. The molecule has 5 heteroatoms. The molecule has 0 radical (unpaired) electrons. The lowest BCUT2D eigenvalue weighted by molar-refractivity contribution is 0.400. The predicted molar refractivity (Wildman–Crippen MR) is 77.7 cm³/mol. The molecule has 0 saturated carbocycles. The molecule has 0 N–H and O–H groups in total. The molecule has 1 aliphatic rings. The Hall–Kier alpha value is -1.38. The number of sulfonamides is 1. The third-order valence-electron chi connectivity index (χ3n) is 3.76. The molecular weight excluding hydrogens is 272 g/mol. The van der Waals surface area contributed by atoms with E-state index >= 15 is 0 Å². The van der Waals surface area contributed by atoms with Crippen LogP contribution < -0.4 is 0 Å². The lowest BCUT2D eigenvalue weighted by Gasteiger charge is -2.21. The van der Waals surface area contributed by atoms with Gasteiger partial charge in [-0.3, -0.25) is 0 Å². The highest BCUT2D eigenvalue weighted by Crippen LogP contribution is 2.26. The summed E-state index contributed by atoms with van der Waals surface area (Å²) in [6.07, 6.45) is 3.10. The summed E-state index contributed by atoms with van der Waals surface area (Å²) < 4.78 is 26.6. The normalized spacial score (nSPS) is 15.9. The first-order valence-electron chi connectivity index (χ1n) is 7.00. The molecule has 1 aliphatic carbocycles. The third-order valence-corrected chi connectivity index (χ3v) is 5.70. The maximum atomic E-state index is 12.6. The fraction of sp³-hybridized carbons (Fsp3) is 0.533. The Kier molecular flexibility index (Phi) is 4.46. The summed E-state index contributed by atoms with van der Waals surface area (Å²) in [5.41, 5.74) is 2.41. The molecule has 1 aromatic carbocycles. The van der Waals surface area contributed by atoms with E-state index in [4.69, 9.17) is 5.26 Å². The van der Waals surface area contributed by atoms with Crippen molar-refractivity contribution < 1.29 is 8.42 Å². The van der Waals surface area contributed by atoms with E-state index in [9.17, 15) is 8.42 Å². The second-order valence-electron chi connectivity index (χ2n) is 5.27. The molecule has 1 unspecified atom stereocenters. The SMILES string of the molecule is CCN(CC(C)C#N)S(=O)(=O)c1ccc2c(c1)CCC2. The predicted octanol–water partition coefficient (Wildman–Crippen LogP) is 2.35. The topological polar surface area (TPSA) is 61.2 Å². The van der Waals surface area contributed by atoms with E-state index in [1.807, 2.05) is 6.07 Å². The van der Waals surface area contributed by atoms with E-state index in [0.29, 0.717) is 11.4 Å². The summed E-state index contributed by atoms with van der Waals surface area (Å²) in [6, 6.07) is 7.51. The van der Waals surface area contributed by atoms with Crippen molar-refractivity contribution in [2.24, 2.45) is 5.92 Å². The number of nitrogens with zero attached hydrogens (tertiary/aromatic N) is 2. The number of nitriles is 1. The van der Waals surface area contributed by atoms with Gasteiger partial charge in [-0.2, -0.15) is 9.57 Å². The molecule has 1 atom stereocenters. The molecule has 4 nitrogen and oxygen atoms in total. The van der Waals surface area contributed by atoms with Crippen LogP contribution in [-0.2, 0) is 22.9 Å². The van der Waals surface area contributed by atoms with Crippen LogP contribution in [0.15, 0.2) is 23.1 Å². The quantitative estimate of drug-likeness (QED) is 0.837. The fourth-order valence-electron chi connectivity index (χ4n) is 2.60. The smallest absolute Gasteiger partial charge is 0.207 e. The van der Waals surface area contributed by atoms with Crippen LogP contribution in [0.3, 0.4) is 0 Å². The molecule has 0 fully saturated rings. The average Bonchev–Trinajstić information content (AvgIpc) is 2.91. The van der Waals surface area contributed by atoms with Gasteiger partial charge < -0.3 is 0 Å². The first-order chi connectivity index (χ1) is 9.48. The van der Waals surface area contributed by atoms with Crippen LogP contribution in [0, 0.1) is 17.2 Å². The Morgan fingerprint density at radius 1 is 1.35 bits per heavy atom. The van der Waals surface area contributed by atoms with Gasteiger partial charge in [-0.25, -0.2) is 8.42 Å². The summed E-state index contributed by atoms with van der Waals surface area (Å²) in [4.78, 5) is 0.352. The molecule has 108 valence electrons. The van der Waals surface area contributed by atoms with Gasteiger partial charge in [0.1, 0.15) is 0 Å². The summed E-state index contributed by atoms with van der Waals surface area (Å²) in [5.74, 6) is -0.306. The van der Waals surface area contributed by atoms with E-state index in [2.05, 4.69) is 6.07 Å². The largest absolute Gasteiger partial charge is 0.243 e. The second-order valence-corrected chi connectivity index (χ2v) is 7.21. The number of hydrogen-bond donors (Lipinski definition) is 0. The van der Waals surface area contributed by atoms with Gasteiger partial charge in [-0.05, 0) is 49.4 Å². The van der Waals surface area contributed by atoms with Crippen LogP contribution >= 0.6 is 0 Å². The second kappa shape index (κ2) is 5.94. The average molecular weight is 292 g/mol. The van der Waals surface area contributed by atoms with Gasteiger partial charge in [-0.1, -0.05) is 13.0 Å². The van der Waals surface area contributed by atoms with Crippen molar-refractivity contribution in [2.75, 3.05) is 13.1 Å². The van der Waals surface area contributed by atoms with Crippen molar-refractivity contribution in [1.29, 1.82) is 5.26 Å². The fourth-order valence-corrected chi connectivity index (χ4v) is 4.19. The number of aryl methyl sites for hydroxylation is 2. The van der Waals surface area contributed by atoms with Crippen LogP contribution in [0.4, 0.5) is 0 Å². The Morgan fingerprint density at radius 2 is 2.05 bits per heavy atom. The van der Waals surface area contributed by atoms with Crippen LogP contribution in [0.5, 0.6) is 0 Å². The van der Waals surface area contributed by atoms with Gasteiger partial charge >= 0.3 is 0 Å². The van der Waals surface area contributed by atoms with Crippen molar-refractivity contribution in [3.05, 3.63) is 29.3 Å². The minimum Gasteiger partial charge on any atom is -0.207 e. The van der Waals surface area contributed by atoms with E-state index in [0.717, 1.165) is 24.8 Å². The van der Waals surface area contributed by atoms with Gasteiger partial charge in [0.25, 0.3) is 0 Å². The van der Waals surface area contributed by atoms with Gasteiger partial charge in [0.2, 0.25) is 10.0 Å². The van der Waals surface area contributed by atoms with Gasteiger partial charge in [-0.15, -0.1) is 0 Å². The molecule has 20 heavy (non-hydrogen) atoms. The molecule has 0 aliphatic heterocycles. The van der Waals surface area contributed by atoms with E-state index < -0.39 is 10.0 Å². The van der Waals surface area contributed by atoms with Crippen LogP contribution in [0.2, 0.25) is 0 Å². The lowest BCUT2D eigenvalue weighted by atomic mass is 10.1. The first-order valence-corrected chi connectivity index (χ1v) is 8.44. The number of hydrogen-bond acceptors (Lipinski definition) is 3. The molecule has 0 amide bonds. The standard InChI is InChI=1S/C15H20N2O2S/c1-3-17(11-12(2)10-16)20(18,19)15-8-7-13-5-4-6-14(13)9-15/h7-9,12H,3-6,11H2,1-2H3. The highest BCUT2D eigenvalue weighted by atomic mass is 32.2. The molecule has 0 saturated heterocycles. The number of rotatable bonds is 5. The Bertz CT molecular complexity index is 632. The molecular formula is C15H20N2O2S. The zero-order valence-electron chi connectivity index (χ0n) is 12.0. The van der Waals surface area contributed by atoms with Gasteiger partial charge in [0.05, 0.1) is 16.9 Å². The van der Waals surface area contributed by atoms with Crippen LogP contribution in [-0.4, -0.2) is 25.8 Å². The third kappa shape index (κ3) is 2.87. The summed E-state index contributed by atoms with van der Waals surface area (Å²) in [6.45, 7) is 4.16. The van der Waals surface area contributed by atoms with Crippen molar-refractivity contribution in [1.82, 2.24) is 4.31 Å². The van der Waals surface area contributed by atoms with E-state index in [1.165, 1.54) is 9.87 Å². The van der Waals surface area contributed by atoms with E-state index in [-0.39, 0.29) is 12.5 Å². The van der Waals surface area contributed by atoms with Crippen molar-refractivity contribution in [3.63, 3.8) is 0 Å². The minimum atomic E-state index is -3.50. The number of fused-ring (bicyclic) bond motifs is 1. The Labute approximate surface area is 121 Å². The molecule has 0 bridgehead atoms. The monoisotopic (exact) mass is 292 g/mol. The minimum absolute atomic E-state index is 0.242. The van der Waals surface area contributed by atoms with Crippen LogP contribution in [0.25, 0.3) is 0 Å². The Balaban J connectivity index is 2.31. The maximum absolute atomic E-state index is 12.6. The molecule has 2 rings (SSSR count). The number of benzene rings is 1.